The van der Waals surface area contributed by atoms with Gasteiger partial charge in [0.2, 0.25) is 0 Å². The Morgan fingerprint density at radius 2 is 2.21 bits per heavy atom. The largest absolute Gasteiger partial charge is 0.442 e. The maximum atomic E-state index is 11.1. The Labute approximate surface area is 157 Å². The zero-order valence-electron chi connectivity index (χ0n) is 14.8. The van der Waals surface area contributed by atoms with Gasteiger partial charge >= 0.3 is 6.09 Å². The van der Waals surface area contributed by atoms with E-state index in [0.29, 0.717) is 0 Å². The first-order valence-electron chi connectivity index (χ1n) is 7.54. The highest BCUT2D eigenvalue weighted by Crippen LogP contribution is 2.64. The van der Waals surface area contributed by atoms with Crippen LogP contribution in [0.2, 0.25) is 0 Å². The van der Waals surface area contributed by atoms with Gasteiger partial charge in [-0.25, -0.2) is 4.79 Å². The molecule has 2 unspecified atom stereocenters. The molecule has 1 rings (SSSR count). The molecule has 0 aliphatic carbocycles. The van der Waals surface area contributed by atoms with E-state index in [0.717, 1.165) is 6.42 Å². The molecule has 7 nitrogen and oxygen atoms in total. The van der Waals surface area contributed by atoms with Crippen LogP contribution in [0.25, 0.3) is 0 Å². The van der Waals surface area contributed by atoms with Crippen molar-refractivity contribution in [1.82, 2.24) is 9.39 Å². The predicted octanol–water partition coefficient (Wildman–Crippen LogP) is 4.15. The quantitative estimate of drug-likeness (QED) is 0.220. The van der Waals surface area contributed by atoms with Gasteiger partial charge in [0.25, 0.3) is 6.64 Å². The minimum Gasteiger partial charge on any atom is -0.442 e. The number of alkyl carbamates (subject to hydrolysis) is 1. The average Bonchev–Trinajstić information content (AvgIpc) is 2.41. The summed E-state index contributed by atoms with van der Waals surface area (Å²) >= 11 is 5.75. The first kappa shape index (κ1) is 22.2. The van der Waals surface area contributed by atoms with E-state index in [-0.39, 0.29) is 29.4 Å². The molecule has 0 saturated carbocycles. The standard InChI is InChI=1S/C13H26N3O4PS3/c1-9(2)16(24-23-11(14)8-18-12(17)15-6)21(22)19-10(3)7-13(4,5)20-21/h9-10,14H,7-8H2,1-6H3,(H,15,17). The van der Waals surface area contributed by atoms with Gasteiger partial charge in [-0.3, -0.25) is 5.41 Å². The van der Waals surface area contributed by atoms with Crippen molar-refractivity contribution in [1.29, 1.82) is 5.41 Å². The molecule has 1 heterocycles. The van der Waals surface area contributed by atoms with Crippen molar-refractivity contribution >= 4 is 51.4 Å². The molecule has 0 aromatic carbocycles. The van der Waals surface area contributed by atoms with E-state index in [2.05, 4.69) is 5.32 Å². The maximum Gasteiger partial charge on any atom is 0.407 e. The fourth-order valence-corrected chi connectivity index (χ4v) is 9.67. The smallest absolute Gasteiger partial charge is 0.407 e. The van der Waals surface area contributed by atoms with Crippen molar-refractivity contribution in [3.63, 3.8) is 0 Å². The fourth-order valence-electron chi connectivity index (χ4n) is 2.13. The zero-order chi connectivity index (χ0) is 18.5. The van der Waals surface area contributed by atoms with Crippen molar-refractivity contribution in [2.45, 2.75) is 58.8 Å². The second-order valence-electron chi connectivity index (χ2n) is 6.24. The number of ether oxygens (including phenoxy) is 1. The number of hydrogen-bond donors (Lipinski definition) is 2. The van der Waals surface area contributed by atoms with Crippen molar-refractivity contribution < 1.29 is 18.6 Å². The molecule has 0 radical (unpaired) electrons. The van der Waals surface area contributed by atoms with E-state index < -0.39 is 12.7 Å². The summed E-state index contributed by atoms with van der Waals surface area (Å²) in [6, 6.07) is 0.0714. The minimum absolute atomic E-state index is 0.0162. The van der Waals surface area contributed by atoms with Crippen LogP contribution in [0.3, 0.4) is 0 Å². The third kappa shape index (κ3) is 6.82. The van der Waals surface area contributed by atoms with Crippen LogP contribution >= 0.6 is 28.4 Å². The fraction of sp³-hybridized carbons (Fsp3) is 0.846. The lowest BCUT2D eigenvalue weighted by molar-refractivity contribution is -0.00640. The predicted molar refractivity (Wildman–Crippen MR) is 105 cm³/mol. The van der Waals surface area contributed by atoms with Gasteiger partial charge in [0.1, 0.15) is 11.7 Å². The van der Waals surface area contributed by atoms with Crippen LogP contribution in [-0.2, 0) is 25.6 Å². The highest BCUT2D eigenvalue weighted by Gasteiger charge is 2.43. The average molecular weight is 416 g/mol. The van der Waals surface area contributed by atoms with Crippen molar-refractivity contribution in [2.75, 3.05) is 13.7 Å². The molecule has 1 saturated heterocycles. The molecular weight excluding hydrogens is 389 g/mol. The molecule has 140 valence electrons. The maximum absolute atomic E-state index is 11.1. The number of nitrogens with one attached hydrogen (secondary N) is 2. The van der Waals surface area contributed by atoms with E-state index in [1.54, 1.807) is 0 Å². The topological polar surface area (TPSA) is 83.9 Å². The second-order valence-corrected chi connectivity index (χ2v) is 11.8. The molecule has 1 amide bonds. The van der Waals surface area contributed by atoms with Crippen molar-refractivity contribution in [3.05, 3.63) is 0 Å². The Balaban J connectivity index is 2.71. The Hall–Kier alpha value is 0.170. The third-order valence-corrected chi connectivity index (χ3v) is 10.0. The van der Waals surface area contributed by atoms with Gasteiger partial charge in [-0.05, 0) is 57.2 Å². The lowest BCUT2D eigenvalue weighted by atomic mass is 10.0. The molecule has 11 heteroatoms. The molecular formula is C13H26N3O4PS3. The first-order valence-corrected chi connectivity index (χ1v) is 12.2. The number of amides is 1. The van der Waals surface area contributed by atoms with E-state index in [1.165, 1.54) is 28.8 Å². The highest BCUT2D eigenvalue weighted by molar-refractivity contribution is 8.82. The molecule has 2 atom stereocenters. The molecule has 0 aromatic rings. The number of hydrogen-bond acceptors (Lipinski definition) is 8. The normalized spacial score (nSPS) is 26.4. The van der Waals surface area contributed by atoms with Crippen LogP contribution in [0.1, 0.15) is 41.0 Å². The first-order chi connectivity index (χ1) is 11.0. The van der Waals surface area contributed by atoms with Crippen LogP contribution in [0.15, 0.2) is 0 Å². The molecule has 1 aliphatic rings. The van der Waals surface area contributed by atoms with Gasteiger partial charge in [-0.15, -0.1) is 0 Å². The Kier molecular flexibility index (Phi) is 8.52. The zero-order valence-corrected chi connectivity index (χ0v) is 18.2. The SMILES string of the molecule is CNC(=O)OCC(=N)SSN(C(C)C)P1(=S)OC(C)CC(C)(C)O1. The lowest BCUT2D eigenvalue weighted by Crippen LogP contribution is -2.38. The van der Waals surface area contributed by atoms with Crippen molar-refractivity contribution in [3.8, 4) is 0 Å². The van der Waals surface area contributed by atoms with Crippen LogP contribution in [-0.4, -0.2) is 46.6 Å². The molecule has 1 fully saturated rings. The van der Waals surface area contributed by atoms with E-state index in [4.69, 9.17) is 31.0 Å². The van der Waals surface area contributed by atoms with Gasteiger partial charge in [-0.2, -0.15) is 4.08 Å². The Morgan fingerprint density at radius 3 is 2.71 bits per heavy atom. The van der Waals surface area contributed by atoms with Crippen LogP contribution in [0.5, 0.6) is 0 Å². The number of nitrogens with zero attached hydrogens (tertiary/aromatic N) is 1. The summed E-state index contributed by atoms with van der Waals surface area (Å²) in [5.41, 5.74) is -0.346. The molecule has 24 heavy (non-hydrogen) atoms. The summed E-state index contributed by atoms with van der Waals surface area (Å²) in [4.78, 5) is 11.1. The molecule has 0 bridgehead atoms. The summed E-state index contributed by atoms with van der Waals surface area (Å²) < 4.78 is 18.9. The summed E-state index contributed by atoms with van der Waals surface area (Å²) in [6.45, 7) is 7.29. The van der Waals surface area contributed by atoms with Gasteiger partial charge in [0.05, 0.1) is 11.7 Å². The summed E-state index contributed by atoms with van der Waals surface area (Å²) in [6.07, 6.45) is 0.237. The third-order valence-electron chi connectivity index (χ3n) is 2.89. The number of carbonyl (C=O) groups is 1. The molecule has 0 spiro atoms. The summed E-state index contributed by atoms with van der Waals surface area (Å²) in [7, 11) is 3.97. The Morgan fingerprint density at radius 1 is 1.58 bits per heavy atom. The van der Waals surface area contributed by atoms with Crippen LogP contribution < -0.4 is 5.32 Å². The van der Waals surface area contributed by atoms with Gasteiger partial charge in [-0.1, -0.05) is 0 Å². The minimum atomic E-state index is -2.67. The second kappa shape index (κ2) is 9.21. The van der Waals surface area contributed by atoms with E-state index in [1.807, 2.05) is 38.7 Å². The van der Waals surface area contributed by atoms with Crippen LogP contribution in [0.4, 0.5) is 4.79 Å². The van der Waals surface area contributed by atoms with Crippen molar-refractivity contribution in [2.24, 2.45) is 0 Å². The monoisotopic (exact) mass is 415 g/mol. The van der Waals surface area contributed by atoms with E-state index in [9.17, 15) is 4.79 Å². The van der Waals surface area contributed by atoms with Gasteiger partial charge in [0.15, 0.2) is 0 Å². The number of carbonyl (C=O) groups excluding carboxylic acids is 1. The van der Waals surface area contributed by atoms with Crippen LogP contribution in [0, 0.1) is 5.41 Å². The van der Waals surface area contributed by atoms with Gasteiger partial charge in [0, 0.05) is 30.5 Å². The highest BCUT2D eigenvalue weighted by atomic mass is 33.1. The summed E-state index contributed by atoms with van der Waals surface area (Å²) in [5, 5.41) is 10.4. The molecule has 1 aliphatic heterocycles. The Bertz CT molecular complexity index is 519. The molecule has 0 aromatic heterocycles. The summed E-state index contributed by atoms with van der Waals surface area (Å²) in [5.74, 6) is 0. The molecule has 2 N–H and O–H groups in total. The van der Waals surface area contributed by atoms with Gasteiger partial charge < -0.3 is 19.1 Å². The van der Waals surface area contributed by atoms with E-state index >= 15 is 0 Å². The lowest BCUT2D eigenvalue weighted by Gasteiger charge is -2.45. The number of rotatable bonds is 6.